The number of nitrogen functional groups attached to an aromatic ring is 1. The number of hydrogen-bond donors (Lipinski definition) is 4. The summed E-state index contributed by atoms with van der Waals surface area (Å²) in [6.07, 6.45) is 2.02. The summed E-state index contributed by atoms with van der Waals surface area (Å²) in [6, 6.07) is -0.330. The molecule has 7 heteroatoms. The van der Waals surface area contributed by atoms with E-state index in [1.807, 2.05) is 0 Å². The molecule has 1 saturated carbocycles. The molecule has 2 rings (SSSR count). The Labute approximate surface area is 105 Å². The van der Waals surface area contributed by atoms with Gasteiger partial charge in [-0.3, -0.25) is 14.7 Å². The van der Waals surface area contributed by atoms with Crippen LogP contribution in [0.15, 0.2) is 0 Å². The number of amides is 2. The summed E-state index contributed by atoms with van der Waals surface area (Å²) in [5.74, 6) is -0.632. The lowest BCUT2D eigenvalue weighted by atomic mass is 10.2. The lowest BCUT2D eigenvalue weighted by molar-refractivity contribution is -0.122. The Balaban J connectivity index is 1.93. The van der Waals surface area contributed by atoms with Crippen LogP contribution in [-0.2, 0) is 4.79 Å². The van der Waals surface area contributed by atoms with E-state index in [1.54, 1.807) is 13.8 Å². The van der Waals surface area contributed by atoms with Crippen molar-refractivity contribution in [3.63, 3.8) is 0 Å². The molecular weight excluding hydrogens is 234 g/mol. The van der Waals surface area contributed by atoms with Crippen molar-refractivity contribution < 1.29 is 9.59 Å². The number of anilines is 1. The van der Waals surface area contributed by atoms with Crippen LogP contribution >= 0.6 is 0 Å². The van der Waals surface area contributed by atoms with Crippen molar-refractivity contribution in [2.45, 2.75) is 38.8 Å². The van der Waals surface area contributed by atoms with Crippen LogP contribution in [0, 0.1) is 6.92 Å². The number of aryl methyl sites for hydroxylation is 1. The highest BCUT2D eigenvalue weighted by Crippen LogP contribution is 2.18. The Morgan fingerprint density at radius 2 is 2.17 bits per heavy atom. The minimum atomic E-state index is -0.602. The number of hydrogen-bond acceptors (Lipinski definition) is 4. The van der Waals surface area contributed by atoms with Crippen molar-refractivity contribution in [3.8, 4) is 0 Å². The zero-order valence-electron chi connectivity index (χ0n) is 10.4. The lowest BCUT2D eigenvalue weighted by Gasteiger charge is -2.13. The molecule has 7 nitrogen and oxygen atoms in total. The first-order valence-electron chi connectivity index (χ1n) is 5.90. The first kappa shape index (κ1) is 12.4. The predicted molar refractivity (Wildman–Crippen MR) is 65.8 cm³/mol. The molecule has 1 aliphatic carbocycles. The molecule has 1 heterocycles. The van der Waals surface area contributed by atoms with E-state index in [0.717, 1.165) is 12.8 Å². The summed E-state index contributed by atoms with van der Waals surface area (Å²) in [4.78, 5) is 23.5. The second-order valence-corrected chi connectivity index (χ2v) is 4.59. The minimum Gasteiger partial charge on any atom is -0.395 e. The van der Waals surface area contributed by atoms with Crippen molar-refractivity contribution in [3.05, 3.63) is 11.4 Å². The standard InChI is InChI=1S/C11H17N5O2/c1-5-8(12)9(16-15-5)11(18)13-6(2)10(17)14-7-3-4-7/h6-7H,3-4,12H2,1-2H3,(H,13,18)(H,14,17)(H,15,16). The summed E-state index contributed by atoms with van der Waals surface area (Å²) >= 11 is 0. The minimum absolute atomic E-state index is 0.124. The van der Waals surface area contributed by atoms with Crippen molar-refractivity contribution in [1.82, 2.24) is 20.8 Å². The average Bonchev–Trinajstić information content (AvgIpc) is 3.06. The van der Waals surface area contributed by atoms with Gasteiger partial charge in [-0.2, -0.15) is 5.10 Å². The lowest BCUT2D eigenvalue weighted by Crippen LogP contribution is -2.45. The number of nitrogens with zero attached hydrogens (tertiary/aromatic N) is 1. The summed E-state index contributed by atoms with van der Waals surface area (Å²) < 4.78 is 0. The van der Waals surface area contributed by atoms with Gasteiger partial charge in [0.15, 0.2) is 5.69 Å². The largest absolute Gasteiger partial charge is 0.395 e. The van der Waals surface area contributed by atoms with Crippen LogP contribution in [0.1, 0.15) is 35.9 Å². The van der Waals surface area contributed by atoms with Crippen LogP contribution < -0.4 is 16.4 Å². The Bertz CT molecular complexity index is 478. The number of carbonyl (C=O) groups is 2. The number of aromatic nitrogens is 2. The Morgan fingerprint density at radius 3 is 2.67 bits per heavy atom. The molecule has 1 aromatic heterocycles. The molecule has 0 spiro atoms. The molecule has 5 N–H and O–H groups in total. The Hall–Kier alpha value is -2.05. The molecule has 0 bridgehead atoms. The third-order valence-electron chi connectivity index (χ3n) is 2.87. The highest BCUT2D eigenvalue weighted by molar-refractivity contribution is 6.00. The van der Waals surface area contributed by atoms with E-state index < -0.39 is 11.9 Å². The fourth-order valence-electron chi connectivity index (χ4n) is 1.50. The van der Waals surface area contributed by atoms with Gasteiger partial charge in [-0.05, 0) is 26.7 Å². The van der Waals surface area contributed by atoms with Gasteiger partial charge in [-0.15, -0.1) is 0 Å². The molecular formula is C11H17N5O2. The van der Waals surface area contributed by atoms with E-state index in [1.165, 1.54) is 0 Å². The van der Waals surface area contributed by atoms with Crippen LogP contribution in [0.5, 0.6) is 0 Å². The normalized spacial score (nSPS) is 16.1. The number of carbonyl (C=O) groups excluding carboxylic acids is 2. The second-order valence-electron chi connectivity index (χ2n) is 4.59. The van der Waals surface area contributed by atoms with Crippen molar-refractivity contribution in [1.29, 1.82) is 0 Å². The number of rotatable bonds is 4. The SMILES string of the molecule is Cc1[nH]nc(C(=O)NC(C)C(=O)NC2CC2)c1N. The summed E-state index contributed by atoms with van der Waals surface area (Å²) in [6.45, 7) is 3.35. The van der Waals surface area contributed by atoms with E-state index in [-0.39, 0.29) is 17.6 Å². The van der Waals surface area contributed by atoms with Crippen LogP contribution in [0.4, 0.5) is 5.69 Å². The van der Waals surface area contributed by atoms with E-state index >= 15 is 0 Å². The maximum absolute atomic E-state index is 11.8. The van der Waals surface area contributed by atoms with Gasteiger partial charge in [0.25, 0.3) is 5.91 Å². The fourth-order valence-corrected chi connectivity index (χ4v) is 1.50. The Morgan fingerprint density at radius 1 is 1.50 bits per heavy atom. The van der Waals surface area contributed by atoms with Crippen molar-refractivity contribution in [2.24, 2.45) is 0 Å². The van der Waals surface area contributed by atoms with E-state index in [4.69, 9.17) is 5.73 Å². The van der Waals surface area contributed by atoms with Crippen LogP contribution in [0.2, 0.25) is 0 Å². The zero-order valence-corrected chi connectivity index (χ0v) is 10.4. The fraction of sp³-hybridized carbons (Fsp3) is 0.545. The maximum atomic E-state index is 11.8. The Kier molecular flexibility index (Phi) is 3.22. The first-order chi connectivity index (χ1) is 8.49. The van der Waals surface area contributed by atoms with Gasteiger partial charge < -0.3 is 16.4 Å². The molecule has 0 aromatic carbocycles. The average molecular weight is 251 g/mol. The van der Waals surface area contributed by atoms with Crippen molar-refractivity contribution in [2.75, 3.05) is 5.73 Å². The number of nitrogens with two attached hydrogens (primary N) is 1. The molecule has 0 radical (unpaired) electrons. The van der Waals surface area contributed by atoms with Gasteiger partial charge in [0, 0.05) is 6.04 Å². The second kappa shape index (κ2) is 4.67. The molecule has 1 unspecified atom stereocenters. The monoisotopic (exact) mass is 251 g/mol. The third-order valence-corrected chi connectivity index (χ3v) is 2.87. The molecule has 1 fully saturated rings. The van der Waals surface area contributed by atoms with Crippen LogP contribution in [0.25, 0.3) is 0 Å². The molecule has 0 saturated heterocycles. The van der Waals surface area contributed by atoms with E-state index in [9.17, 15) is 9.59 Å². The predicted octanol–water partition coefficient (Wildman–Crippen LogP) is -0.303. The number of nitrogens with one attached hydrogen (secondary N) is 3. The quantitative estimate of drug-likeness (QED) is 0.588. The molecule has 98 valence electrons. The summed E-state index contributed by atoms with van der Waals surface area (Å²) in [5.41, 5.74) is 6.76. The molecule has 18 heavy (non-hydrogen) atoms. The van der Waals surface area contributed by atoms with Crippen molar-refractivity contribution >= 4 is 17.5 Å². The highest BCUT2D eigenvalue weighted by atomic mass is 16.2. The van der Waals surface area contributed by atoms with Gasteiger partial charge in [0.2, 0.25) is 5.91 Å². The van der Waals surface area contributed by atoms with Gasteiger partial charge in [0.1, 0.15) is 6.04 Å². The molecule has 0 aliphatic heterocycles. The third kappa shape index (κ3) is 2.61. The number of H-pyrrole nitrogens is 1. The smallest absolute Gasteiger partial charge is 0.274 e. The van der Waals surface area contributed by atoms with Gasteiger partial charge >= 0.3 is 0 Å². The molecule has 1 atom stereocenters. The van der Waals surface area contributed by atoms with E-state index in [2.05, 4.69) is 20.8 Å². The molecule has 1 aromatic rings. The molecule has 1 aliphatic rings. The van der Waals surface area contributed by atoms with Gasteiger partial charge in [-0.25, -0.2) is 0 Å². The highest BCUT2D eigenvalue weighted by Gasteiger charge is 2.27. The summed E-state index contributed by atoms with van der Waals surface area (Å²) in [7, 11) is 0. The maximum Gasteiger partial charge on any atom is 0.274 e. The topological polar surface area (TPSA) is 113 Å². The zero-order chi connectivity index (χ0) is 13.3. The van der Waals surface area contributed by atoms with Gasteiger partial charge in [0.05, 0.1) is 11.4 Å². The van der Waals surface area contributed by atoms with E-state index in [0.29, 0.717) is 11.4 Å². The van der Waals surface area contributed by atoms with Gasteiger partial charge in [-0.1, -0.05) is 0 Å². The summed E-state index contributed by atoms with van der Waals surface area (Å²) in [5, 5.41) is 11.8. The van der Waals surface area contributed by atoms with Crippen LogP contribution in [0.3, 0.4) is 0 Å². The molecule has 2 amide bonds. The first-order valence-corrected chi connectivity index (χ1v) is 5.90. The van der Waals surface area contributed by atoms with Crippen LogP contribution in [-0.4, -0.2) is 34.1 Å². The number of aromatic amines is 1.